The van der Waals surface area contributed by atoms with Crippen LogP contribution in [0.15, 0.2) is 65.5 Å². The molecular weight excluding hydrogens is 374 g/mol. The Bertz CT molecular complexity index is 1060. The SMILES string of the molecule is CN(C(=O)c1cc(=O)[nH]c2ccccc12)C1CCCN(CCCc2ccccc2)C1. The summed E-state index contributed by atoms with van der Waals surface area (Å²) in [4.78, 5) is 32.5. The van der Waals surface area contributed by atoms with E-state index in [-0.39, 0.29) is 17.5 Å². The van der Waals surface area contributed by atoms with Gasteiger partial charge in [-0.25, -0.2) is 0 Å². The summed E-state index contributed by atoms with van der Waals surface area (Å²) < 4.78 is 0. The van der Waals surface area contributed by atoms with E-state index < -0.39 is 0 Å². The highest BCUT2D eigenvalue weighted by atomic mass is 16.2. The number of H-pyrrole nitrogens is 1. The number of pyridine rings is 1. The lowest BCUT2D eigenvalue weighted by molar-refractivity contribution is 0.0618. The summed E-state index contributed by atoms with van der Waals surface area (Å²) in [7, 11) is 1.87. The lowest BCUT2D eigenvalue weighted by atomic mass is 10.0. The third-order valence-electron chi connectivity index (χ3n) is 6.11. The van der Waals surface area contributed by atoms with Crippen LogP contribution in [-0.2, 0) is 6.42 Å². The van der Waals surface area contributed by atoms with Gasteiger partial charge in [-0.1, -0.05) is 48.5 Å². The Kier molecular flexibility index (Phi) is 6.29. The Hall–Kier alpha value is -2.92. The minimum absolute atomic E-state index is 0.0755. The number of para-hydroxylation sites is 1. The van der Waals surface area contributed by atoms with Gasteiger partial charge < -0.3 is 14.8 Å². The van der Waals surface area contributed by atoms with Crippen molar-refractivity contribution in [1.29, 1.82) is 0 Å². The second-order valence-corrected chi connectivity index (χ2v) is 8.19. The first-order valence-electron chi connectivity index (χ1n) is 10.8. The number of piperidine rings is 1. The quantitative estimate of drug-likeness (QED) is 0.683. The molecule has 4 rings (SSSR count). The molecule has 0 saturated carbocycles. The van der Waals surface area contributed by atoms with Gasteiger partial charge in [0.1, 0.15) is 0 Å². The molecule has 1 aromatic heterocycles. The van der Waals surface area contributed by atoms with E-state index in [4.69, 9.17) is 0 Å². The van der Waals surface area contributed by atoms with E-state index in [1.807, 2.05) is 36.2 Å². The third-order valence-corrected chi connectivity index (χ3v) is 6.11. The molecule has 5 nitrogen and oxygen atoms in total. The van der Waals surface area contributed by atoms with Crippen LogP contribution in [0.5, 0.6) is 0 Å². The number of benzene rings is 2. The van der Waals surface area contributed by atoms with Gasteiger partial charge >= 0.3 is 0 Å². The van der Waals surface area contributed by atoms with Gasteiger partial charge in [-0.15, -0.1) is 0 Å². The van der Waals surface area contributed by atoms with Crippen LogP contribution in [0.2, 0.25) is 0 Å². The topological polar surface area (TPSA) is 56.4 Å². The standard InChI is InChI=1S/C25H29N3O2/c1-27(25(30)22-17-24(29)26-23-14-6-5-13-21(22)23)20-12-8-16-28(18-20)15-7-11-19-9-3-2-4-10-19/h2-6,9-10,13-14,17,20H,7-8,11-12,15-16,18H2,1H3,(H,26,29). The molecule has 2 aromatic carbocycles. The number of likely N-dealkylation sites (N-methyl/N-ethyl adjacent to an activating group) is 1. The van der Waals surface area contributed by atoms with E-state index in [9.17, 15) is 9.59 Å². The second-order valence-electron chi connectivity index (χ2n) is 8.19. The van der Waals surface area contributed by atoms with Crippen LogP contribution in [0.3, 0.4) is 0 Å². The maximum atomic E-state index is 13.3. The lowest BCUT2D eigenvalue weighted by Gasteiger charge is -2.37. The van der Waals surface area contributed by atoms with Crippen molar-refractivity contribution < 1.29 is 4.79 Å². The fourth-order valence-electron chi connectivity index (χ4n) is 4.44. The summed E-state index contributed by atoms with van der Waals surface area (Å²) in [5.74, 6) is -0.0755. The van der Waals surface area contributed by atoms with Crippen LogP contribution in [0.1, 0.15) is 35.2 Å². The van der Waals surface area contributed by atoms with Crippen LogP contribution < -0.4 is 5.56 Å². The van der Waals surface area contributed by atoms with Crippen molar-refractivity contribution in [3.8, 4) is 0 Å². The monoisotopic (exact) mass is 403 g/mol. The molecule has 1 atom stereocenters. The van der Waals surface area contributed by atoms with Crippen LogP contribution in [0, 0.1) is 0 Å². The minimum atomic E-state index is -0.239. The Morgan fingerprint density at radius 3 is 2.73 bits per heavy atom. The maximum Gasteiger partial charge on any atom is 0.254 e. The fraction of sp³-hybridized carbons (Fsp3) is 0.360. The van der Waals surface area contributed by atoms with Gasteiger partial charge in [0.15, 0.2) is 0 Å². The smallest absolute Gasteiger partial charge is 0.254 e. The molecule has 2 heterocycles. The zero-order valence-corrected chi connectivity index (χ0v) is 17.5. The number of carbonyl (C=O) groups is 1. The van der Waals surface area contributed by atoms with Crippen molar-refractivity contribution in [3.63, 3.8) is 0 Å². The van der Waals surface area contributed by atoms with Crippen LogP contribution in [-0.4, -0.2) is 53.4 Å². The number of nitrogens with zero attached hydrogens (tertiary/aromatic N) is 2. The van der Waals surface area contributed by atoms with Gasteiger partial charge in [-0.2, -0.15) is 0 Å². The van der Waals surface area contributed by atoms with Crippen molar-refractivity contribution in [2.24, 2.45) is 0 Å². The molecule has 0 spiro atoms. The highest BCUT2D eigenvalue weighted by molar-refractivity contribution is 6.05. The molecule has 30 heavy (non-hydrogen) atoms. The van der Waals surface area contributed by atoms with Gasteiger partial charge in [0.2, 0.25) is 5.56 Å². The number of likely N-dealkylation sites (tertiary alicyclic amines) is 1. The summed E-state index contributed by atoms with van der Waals surface area (Å²) in [6, 6.07) is 19.7. The number of aromatic amines is 1. The Morgan fingerprint density at radius 1 is 1.13 bits per heavy atom. The second kappa shape index (κ2) is 9.26. The first-order valence-corrected chi connectivity index (χ1v) is 10.8. The molecule has 0 radical (unpaired) electrons. The third kappa shape index (κ3) is 4.62. The largest absolute Gasteiger partial charge is 0.337 e. The van der Waals surface area contributed by atoms with Gasteiger partial charge in [0.25, 0.3) is 5.91 Å². The molecule has 1 saturated heterocycles. The zero-order chi connectivity index (χ0) is 20.9. The van der Waals surface area contributed by atoms with E-state index in [0.717, 1.165) is 50.7 Å². The molecule has 1 aliphatic heterocycles. The number of amides is 1. The van der Waals surface area contributed by atoms with Crippen molar-refractivity contribution in [2.45, 2.75) is 31.7 Å². The number of fused-ring (bicyclic) bond motifs is 1. The molecule has 5 heteroatoms. The van der Waals surface area contributed by atoms with Crippen molar-refractivity contribution in [1.82, 2.24) is 14.8 Å². The lowest BCUT2D eigenvalue weighted by Crippen LogP contribution is -2.48. The predicted octanol–water partition coefficient (Wildman–Crippen LogP) is 3.70. The van der Waals surface area contributed by atoms with Gasteiger partial charge in [-0.3, -0.25) is 9.59 Å². The summed E-state index contributed by atoms with van der Waals surface area (Å²) in [6.07, 6.45) is 4.28. The Labute approximate surface area is 177 Å². The van der Waals surface area contributed by atoms with E-state index in [1.54, 1.807) is 0 Å². The molecule has 1 N–H and O–H groups in total. The molecule has 1 aliphatic rings. The average molecular weight is 404 g/mol. The molecule has 3 aromatic rings. The first-order chi connectivity index (χ1) is 14.6. The summed E-state index contributed by atoms with van der Waals surface area (Å²) in [5, 5.41) is 0.796. The minimum Gasteiger partial charge on any atom is -0.337 e. The Morgan fingerprint density at radius 2 is 1.90 bits per heavy atom. The number of aromatic nitrogens is 1. The molecular formula is C25H29N3O2. The molecule has 1 unspecified atom stereocenters. The number of aryl methyl sites for hydroxylation is 1. The van der Waals surface area contributed by atoms with E-state index >= 15 is 0 Å². The van der Waals surface area contributed by atoms with E-state index in [0.29, 0.717) is 11.1 Å². The summed E-state index contributed by atoms with van der Waals surface area (Å²) in [5.41, 5.74) is 2.32. The predicted molar refractivity (Wildman–Crippen MR) is 121 cm³/mol. The average Bonchev–Trinajstić information content (AvgIpc) is 2.78. The van der Waals surface area contributed by atoms with Crippen molar-refractivity contribution >= 4 is 16.8 Å². The summed E-state index contributed by atoms with van der Waals surface area (Å²) >= 11 is 0. The molecule has 1 amide bonds. The van der Waals surface area contributed by atoms with E-state index in [2.05, 4.69) is 40.2 Å². The molecule has 0 bridgehead atoms. The highest BCUT2D eigenvalue weighted by Crippen LogP contribution is 2.21. The number of nitrogens with one attached hydrogen (secondary N) is 1. The summed E-state index contributed by atoms with van der Waals surface area (Å²) in [6.45, 7) is 3.01. The molecule has 1 fully saturated rings. The van der Waals surface area contributed by atoms with Crippen molar-refractivity contribution in [2.75, 3.05) is 26.7 Å². The zero-order valence-electron chi connectivity index (χ0n) is 17.5. The highest BCUT2D eigenvalue weighted by Gasteiger charge is 2.27. The van der Waals surface area contributed by atoms with E-state index in [1.165, 1.54) is 11.6 Å². The normalized spacial score (nSPS) is 17.2. The number of rotatable bonds is 6. The number of carbonyl (C=O) groups excluding carboxylic acids is 1. The fourth-order valence-corrected chi connectivity index (χ4v) is 4.44. The van der Waals surface area contributed by atoms with Gasteiger partial charge in [-0.05, 0) is 50.4 Å². The van der Waals surface area contributed by atoms with Crippen LogP contribution in [0.25, 0.3) is 10.9 Å². The molecule has 0 aliphatic carbocycles. The van der Waals surface area contributed by atoms with Crippen molar-refractivity contribution in [3.05, 3.63) is 82.1 Å². The van der Waals surface area contributed by atoms with Gasteiger partial charge in [0.05, 0.1) is 5.56 Å². The first kappa shape index (κ1) is 20.4. The Balaban J connectivity index is 1.41. The maximum absolute atomic E-state index is 13.3. The van der Waals surface area contributed by atoms with Crippen LogP contribution in [0.4, 0.5) is 0 Å². The number of hydrogen-bond donors (Lipinski definition) is 1. The number of hydrogen-bond acceptors (Lipinski definition) is 3. The van der Waals surface area contributed by atoms with Gasteiger partial charge in [0, 0.05) is 36.6 Å². The molecule has 156 valence electrons. The van der Waals surface area contributed by atoms with Crippen LogP contribution >= 0.6 is 0 Å².